The first-order chi connectivity index (χ1) is 7.62. The first kappa shape index (κ1) is 13.2. The number of nitrogens with one attached hydrogen (secondary N) is 1. The van der Waals surface area contributed by atoms with Gasteiger partial charge in [0.1, 0.15) is 0 Å². The molecule has 0 radical (unpaired) electrons. The highest BCUT2D eigenvalue weighted by molar-refractivity contribution is 7.14. The SMILES string of the molecule is CCc1sc(C(=O)NC(CO)CO)cc1C. The summed E-state index contributed by atoms with van der Waals surface area (Å²) in [6.45, 7) is 3.51. The minimum atomic E-state index is -0.583. The normalized spacial score (nSPS) is 10.8. The van der Waals surface area contributed by atoms with Gasteiger partial charge < -0.3 is 15.5 Å². The van der Waals surface area contributed by atoms with E-state index in [0.717, 1.165) is 12.0 Å². The number of aliphatic hydroxyl groups excluding tert-OH is 2. The van der Waals surface area contributed by atoms with E-state index in [4.69, 9.17) is 10.2 Å². The molecule has 0 spiro atoms. The molecule has 0 aliphatic rings. The van der Waals surface area contributed by atoms with Crippen LogP contribution in [0, 0.1) is 6.92 Å². The molecular weight excluding hydrogens is 226 g/mol. The summed E-state index contributed by atoms with van der Waals surface area (Å²) in [5.74, 6) is -0.235. The Labute approximate surface area is 98.9 Å². The first-order valence-corrected chi connectivity index (χ1v) is 6.05. The predicted molar refractivity (Wildman–Crippen MR) is 63.9 cm³/mol. The summed E-state index contributed by atoms with van der Waals surface area (Å²) in [7, 11) is 0. The van der Waals surface area contributed by atoms with Gasteiger partial charge in [-0.3, -0.25) is 4.79 Å². The Morgan fingerprint density at radius 3 is 2.56 bits per heavy atom. The lowest BCUT2D eigenvalue weighted by Gasteiger charge is -2.11. The second-order valence-corrected chi connectivity index (χ2v) is 4.74. The molecule has 0 aliphatic heterocycles. The van der Waals surface area contributed by atoms with Crippen LogP contribution in [0.4, 0.5) is 0 Å². The molecular formula is C11H17NO3S. The average molecular weight is 243 g/mol. The number of amides is 1. The number of hydrogen-bond acceptors (Lipinski definition) is 4. The fourth-order valence-electron chi connectivity index (χ4n) is 1.39. The molecule has 0 saturated heterocycles. The third-order valence-corrected chi connectivity index (χ3v) is 3.72. The molecule has 1 aromatic heterocycles. The summed E-state index contributed by atoms with van der Waals surface area (Å²) in [6, 6.07) is 1.25. The molecule has 5 heteroatoms. The van der Waals surface area contributed by atoms with Crippen molar-refractivity contribution in [3.05, 3.63) is 21.4 Å². The molecule has 16 heavy (non-hydrogen) atoms. The molecule has 0 saturated carbocycles. The van der Waals surface area contributed by atoms with Gasteiger partial charge in [-0.1, -0.05) is 6.92 Å². The third-order valence-electron chi connectivity index (χ3n) is 2.34. The fraction of sp³-hybridized carbons (Fsp3) is 0.545. The Kier molecular flexibility index (Phi) is 4.92. The van der Waals surface area contributed by atoms with Crippen molar-refractivity contribution in [2.24, 2.45) is 0 Å². The van der Waals surface area contributed by atoms with Crippen LogP contribution in [0.3, 0.4) is 0 Å². The van der Waals surface area contributed by atoms with Gasteiger partial charge in [0, 0.05) is 4.88 Å². The molecule has 1 heterocycles. The van der Waals surface area contributed by atoms with Gasteiger partial charge in [-0.05, 0) is 25.0 Å². The molecule has 4 nitrogen and oxygen atoms in total. The van der Waals surface area contributed by atoms with Gasteiger partial charge in [-0.25, -0.2) is 0 Å². The number of thiophene rings is 1. The van der Waals surface area contributed by atoms with E-state index in [-0.39, 0.29) is 19.1 Å². The zero-order valence-corrected chi connectivity index (χ0v) is 10.3. The zero-order chi connectivity index (χ0) is 12.1. The van der Waals surface area contributed by atoms with E-state index in [1.165, 1.54) is 16.2 Å². The van der Waals surface area contributed by atoms with Gasteiger partial charge in [0.2, 0.25) is 0 Å². The van der Waals surface area contributed by atoms with Crippen LogP contribution in [-0.4, -0.2) is 35.4 Å². The number of aliphatic hydroxyl groups is 2. The molecule has 1 rings (SSSR count). The van der Waals surface area contributed by atoms with Gasteiger partial charge in [0.15, 0.2) is 0 Å². The number of aryl methyl sites for hydroxylation is 2. The zero-order valence-electron chi connectivity index (χ0n) is 9.49. The maximum atomic E-state index is 11.7. The molecule has 90 valence electrons. The summed E-state index contributed by atoms with van der Waals surface area (Å²) in [4.78, 5) is 13.5. The number of hydrogen-bond donors (Lipinski definition) is 3. The molecule has 0 aromatic carbocycles. The van der Waals surface area contributed by atoms with Crippen molar-refractivity contribution >= 4 is 17.2 Å². The lowest BCUT2D eigenvalue weighted by Crippen LogP contribution is -2.39. The Bertz CT molecular complexity index is 358. The van der Waals surface area contributed by atoms with E-state index in [1.54, 1.807) is 0 Å². The van der Waals surface area contributed by atoms with Gasteiger partial charge in [0.25, 0.3) is 5.91 Å². The fourth-order valence-corrected chi connectivity index (χ4v) is 2.41. The molecule has 3 N–H and O–H groups in total. The van der Waals surface area contributed by atoms with Crippen molar-refractivity contribution in [1.29, 1.82) is 0 Å². The minimum Gasteiger partial charge on any atom is -0.394 e. The molecule has 0 unspecified atom stereocenters. The second kappa shape index (κ2) is 5.98. The third kappa shape index (κ3) is 3.04. The van der Waals surface area contributed by atoms with E-state index in [9.17, 15) is 4.79 Å². The van der Waals surface area contributed by atoms with Crippen LogP contribution in [0.1, 0.15) is 27.0 Å². The molecule has 0 fully saturated rings. The molecule has 0 atom stereocenters. The maximum Gasteiger partial charge on any atom is 0.261 e. The van der Waals surface area contributed by atoms with Gasteiger partial charge in [-0.15, -0.1) is 11.3 Å². The topological polar surface area (TPSA) is 69.6 Å². The van der Waals surface area contributed by atoms with Crippen molar-refractivity contribution < 1.29 is 15.0 Å². The van der Waals surface area contributed by atoms with Gasteiger partial charge in [0.05, 0.1) is 24.1 Å². The predicted octanol–water partition coefficient (Wildman–Crippen LogP) is 0.702. The highest BCUT2D eigenvalue weighted by atomic mass is 32.1. The summed E-state index contributed by atoms with van der Waals surface area (Å²) >= 11 is 1.46. The first-order valence-electron chi connectivity index (χ1n) is 5.24. The highest BCUT2D eigenvalue weighted by Gasteiger charge is 2.15. The second-order valence-electron chi connectivity index (χ2n) is 3.61. The molecule has 1 amide bonds. The van der Waals surface area contributed by atoms with Crippen LogP contribution in [0.15, 0.2) is 6.07 Å². The lowest BCUT2D eigenvalue weighted by molar-refractivity contribution is 0.0883. The summed E-state index contributed by atoms with van der Waals surface area (Å²) in [6.07, 6.45) is 0.910. The Morgan fingerprint density at radius 2 is 2.12 bits per heavy atom. The van der Waals surface area contributed by atoms with E-state index in [2.05, 4.69) is 5.32 Å². The van der Waals surface area contributed by atoms with Crippen LogP contribution >= 0.6 is 11.3 Å². The van der Waals surface area contributed by atoms with E-state index < -0.39 is 6.04 Å². The Morgan fingerprint density at radius 1 is 1.50 bits per heavy atom. The molecule has 1 aromatic rings. The minimum absolute atomic E-state index is 0.235. The molecule has 0 aliphatic carbocycles. The van der Waals surface area contributed by atoms with E-state index in [0.29, 0.717) is 4.88 Å². The standard InChI is InChI=1S/C11H17NO3S/c1-3-9-7(2)4-10(16-9)11(15)12-8(5-13)6-14/h4,8,13-14H,3,5-6H2,1-2H3,(H,12,15). The quantitative estimate of drug-likeness (QED) is 0.713. The average Bonchev–Trinajstić information content (AvgIpc) is 2.67. The van der Waals surface area contributed by atoms with Crippen molar-refractivity contribution in [2.75, 3.05) is 13.2 Å². The van der Waals surface area contributed by atoms with E-state index >= 15 is 0 Å². The van der Waals surface area contributed by atoms with Crippen molar-refractivity contribution in [3.63, 3.8) is 0 Å². The van der Waals surface area contributed by atoms with Gasteiger partial charge >= 0.3 is 0 Å². The van der Waals surface area contributed by atoms with Crippen molar-refractivity contribution in [3.8, 4) is 0 Å². The molecule has 0 bridgehead atoms. The number of carbonyl (C=O) groups is 1. The van der Waals surface area contributed by atoms with Crippen molar-refractivity contribution in [2.45, 2.75) is 26.3 Å². The van der Waals surface area contributed by atoms with Crippen LogP contribution in [0.2, 0.25) is 0 Å². The summed E-state index contributed by atoms with van der Waals surface area (Å²) in [5, 5.41) is 20.3. The maximum absolute atomic E-state index is 11.7. The summed E-state index contributed by atoms with van der Waals surface area (Å²) < 4.78 is 0. The smallest absolute Gasteiger partial charge is 0.261 e. The van der Waals surface area contributed by atoms with Crippen LogP contribution in [0.5, 0.6) is 0 Å². The number of rotatable bonds is 5. The van der Waals surface area contributed by atoms with Crippen molar-refractivity contribution in [1.82, 2.24) is 5.32 Å². The Balaban J connectivity index is 2.72. The van der Waals surface area contributed by atoms with Crippen LogP contribution in [-0.2, 0) is 6.42 Å². The monoisotopic (exact) mass is 243 g/mol. The summed E-state index contributed by atoms with van der Waals surface area (Å²) in [5.41, 5.74) is 1.11. The number of carbonyl (C=O) groups excluding carboxylic acids is 1. The van der Waals surface area contributed by atoms with E-state index in [1.807, 2.05) is 19.9 Å². The Hall–Kier alpha value is -0.910. The van der Waals surface area contributed by atoms with Crippen LogP contribution < -0.4 is 5.32 Å². The van der Waals surface area contributed by atoms with Crippen LogP contribution in [0.25, 0.3) is 0 Å². The highest BCUT2D eigenvalue weighted by Crippen LogP contribution is 2.22. The lowest BCUT2D eigenvalue weighted by atomic mass is 10.2. The largest absolute Gasteiger partial charge is 0.394 e. The van der Waals surface area contributed by atoms with Gasteiger partial charge in [-0.2, -0.15) is 0 Å².